The van der Waals surface area contributed by atoms with Gasteiger partial charge < -0.3 is 9.84 Å². The fourth-order valence-electron chi connectivity index (χ4n) is 4.38. The van der Waals surface area contributed by atoms with Crippen LogP contribution in [0, 0.1) is 12.8 Å². The Bertz CT molecular complexity index is 1180. The van der Waals surface area contributed by atoms with Crippen LogP contribution in [0.25, 0.3) is 0 Å². The van der Waals surface area contributed by atoms with Crippen molar-refractivity contribution in [3.05, 3.63) is 83.9 Å². The summed E-state index contributed by atoms with van der Waals surface area (Å²) >= 11 is 0. The summed E-state index contributed by atoms with van der Waals surface area (Å²) in [5.74, 6) is -1.19. The Kier molecular flexibility index (Phi) is 4.83. The maximum absolute atomic E-state index is 13.6. The number of aryl methyl sites for hydroxylation is 1. The largest absolute Gasteiger partial charge is 0.504 e. The van der Waals surface area contributed by atoms with E-state index < -0.39 is 24.0 Å². The van der Waals surface area contributed by atoms with Gasteiger partial charge in [0.05, 0.1) is 24.5 Å². The Morgan fingerprint density at radius 3 is 2.31 bits per heavy atom. The predicted molar refractivity (Wildman–Crippen MR) is 118 cm³/mol. The van der Waals surface area contributed by atoms with Crippen LogP contribution in [-0.2, 0) is 14.4 Å². The molecule has 3 atom stereocenters. The van der Waals surface area contributed by atoms with E-state index >= 15 is 0 Å². The minimum Gasteiger partial charge on any atom is -0.504 e. The molecule has 3 aromatic carbocycles. The number of amides is 2. The van der Waals surface area contributed by atoms with Crippen LogP contribution in [0.1, 0.15) is 17.2 Å². The second kappa shape index (κ2) is 7.69. The van der Waals surface area contributed by atoms with E-state index in [1.54, 1.807) is 29.3 Å². The molecule has 0 saturated carbocycles. The highest BCUT2D eigenvalue weighted by atomic mass is 16.7. The van der Waals surface area contributed by atoms with Gasteiger partial charge in [-0.2, -0.15) is 0 Å². The van der Waals surface area contributed by atoms with Crippen LogP contribution in [0.3, 0.4) is 0 Å². The molecule has 1 N–H and O–H groups in total. The molecule has 2 aliphatic rings. The van der Waals surface area contributed by atoms with E-state index in [1.807, 2.05) is 49.4 Å². The number of benzene rings is 3. The van der Waals surface area contributed by atoms with E-state index in [1.165, 1.54) is 18.1 Å². The molecular weight excluding hydrogens is 408 g/mol. The number of hydrogen-bond acceptors (Lipinski definition) is 6. The summed E-state index contributed by atoms with van der Waals surface area (Å²) in [4.78, 5) is 34.2. The van der Waals surface area contributed by atoms with E-state index in [-0.39, 0.29) is 17.4 Å². The highest BCUT2D eigenvalue weighted by Crippen LogP contribution is 2.48. The number of carbonyl (C=O) groups excluding carboxylic acids is 2. The average molecular weight is 430 g/mol. The fraction of sp³-hybridized carbons (Fsp3) is 0.200. The molecule has 3 aromatic rings. The number of hydrogen-bond donors (Lipinski definition) is 1. The van der Waals surface area contributed by atoms with Crippen LogP contribution in [0.2, 0.25) is 0 Å². The van der Waals surface area contributed by atoms with Crippen molar-refractivity contribution < 1.29 is 24.3 Å². The van der Waals surface area contributed by atoms with Crippen molar-refractivity contribution in [3.8, 4) is 11.5 Å². The second-order valence-electron chi connectivity index (χ2n) is 7.94. The second-order valence-corrected chi connectivity index (χ2v) is 7.94. The highest BCUT2D eigenvalue weighted by molar-refractivity contribution is 6.23. The standard InChI is InChI=1S/C25H22N2O5/c1-15-8-11-17(12-9-15)26-24(29)21-22(16-10-13-19(28)20(14-16)31-2)27(32-23(21)25(26)30)18-6-4-3-5-7-18/h3-14,21-23,28H,1-2H3/t21-,22-,23-/m1/s1. The molecule has 2 heterocycles. The van der Waals surface area contributed by atoms with Crippen LogP contribution < -0.4 is 14.7 Å². The summed E-state index contributed by atoms with van der Waals surface area (Å²) < 4.78 is 5.28. The number of carbonyl (C=O) groups is 2. The van der Waals surface area contributed by atoms with Gasteiger partial charge in [0.15, 0.2) is 17.6 Å². The first kappa shape index (κ1) is 20.1. The van der Waals surface area contributed by atoms with Gasteiger partial charge in [-0.15, -0.1) is 0 Å². The normalized spacial score (nSPS) is 22.4. The van der Waals surface area contributed by atoms with Crippen LogP contribution in [0.4, 0.5) is 11.4 Å². The third-order valence-corrected chi connectivity index (χ3v) is 5.96. The van der Waals surface area contributed by atoms with E-state index in [0.29, 0.717) is 11.3 Å². The SMILES string of the molecule is COc1cc([C@@H]2[C@H]3C(=O)N(c4ccc(C)cc4)C(=O)[C@@H]3ON2c2ccccc2)ccc1O. The molecule has 2 fully saturated rings. The lowest BCUT2D eigenvalue weighted by Crippen LogP contribution is -2.37. The molecule has 0 aromatic heterocycles. The summed E-state index contributed by atoms with van der Waals surface area (Å²) in [7, 11) is 1.46. The van der Waals surface area contributed by atoms with Gasteiger partial charge in [-0.1, -0.05) is 42.0 Å². The Labute approximate surface area is 185 Å². The minimum absolute atomic E-state index is 0.00640. The number of para-hydroxylation sites is 1. The Hall–Kier alpha value is -3.84. The van der Waals surface area contributed by atoms with Crippen LogP contribution in [0.5, 0.6) is 11.5 Å². The van der Waals surface area contributed by atoms with E-state index in [2.05, 4.69) is 0 Å². The van der Waals surface area contributed by atoms with E-state index in [4.69, 9.17) is 9.57 Å². The molecule has 5 rings (SSSR count). The smallest absolute Gasteiger partial charge is 0.266 e. The summed E-state index contributed by atoms with van der Waals surface area (Å²) in [6.45, 7) is 1.95. The topological polar surface area (TPSA) is 79.3 Å². The molecule has 2 aliphatic heterocycles. The molecule has 0 aliphatic carbocycles. The number of hydroxylamine groups is 1. The number of ether oxygens (including phenoxy) is 1. The van der Waals surface area contributed by atoms with Gasteiger partial charge >= 0.3 is 0 Å². The number of methoxy groups -OCH3 is 1. The Morgan fingerprint density at radius 2 is 1.62 bits per heavy atom. The van der Waals surface area contributed by atoms with Gasteiger partial charge in [0.2, 0.25) is 5.91 Å². The third-order valence-electron chi connectivity index (χ3n) is 5.96. The zero-order chi connectivity index (χ0) is 22.4. The molecular formula is C25H22N2O5. The highest BCUT2D eigenvalue weighted by Gasteiger charge is 2.60. The monoisotopic (exact) mass is 430 g/mol. The number of nitrogens with zero attached hydrogens (tertiary/aromatic N) is 2. The first-order valence-corrected chi connectivity index (χ1v) is 10.3. The fourth-order valence-corrected chi connectivity index (χ4v) is 4.38. The number of anilines is 2. The lowest BCUT2D eigenvalue weighted by molar-refractivity contribution is -0.126. The number of phenols is 1. The first-order chi connectivity index (χ1) is 15.5. The molecule has 0 bridgehead atoms. The molecule has 0 unspecified atom stereocenters. The molecule has 7 nitrogen and oxygen atoms in total. The van der Waals surface area contributed by atoms with Crippen molar-refractivity contribution in [1.82, 2.24) is 0 Å². The number of phenolic OH excluding ortho intramolecular Hbond substituents is 1. The van der Waals surface area contributed by atoms with Crippen molar-refractivity contribution in [1.29, 1.82) is 0 Å². The number of fused-ring (bicyclic) bond motifs is 1. The van der Waals surface area contributed by atoms with Gasteiger partial charge in [0, 0.05) is 0 Å². The maximum atomic E-state index is 13.6. The third kappa shape index (κ3) is 3.09. The lowest BCUT2D eigenvalue weighted by atomic mass is 9.90. The van der Waals surface area contributed by atoms with Gasteiger partial charge in [-0.3, -0.25) is 14.4 Å². The summed E-state index contributed by atoms with van der Waals surface area (Å²) in [5.41, 5.74) is 2.98. The molecule has 0 spiro atoms. The number of rotatable bonds is 4. The summed E-state index contributed by atoms with van der Waals surface area (Å²) in [5, 5.41) is 11.7. The lowest BCUT2D eigenvalue weighted by Gasteiger charge is -2.29. The van der Waals surface area contributed by atoms with Crippen LogP contribution in [0.15, 0.2) is 72.8 Å². The quantitative estimate of drug-likeness (QED) is 0.635. The molecule has 162 valence electrons. The molecule has 2 saturated heterocycles. The Morgan fingerprint density at radius 1 is 0.906 bits per heavy atom. The predicted octanol–water partition coefficient (Wildman–Crippen LogP) is 3.76. The molecule has 7 heteroatoms. The van der Waals surface area contributed by atoms with Crippen LogP contribution >= 0.6 is 0 Å². The van der Waals surface area contributed by atoms with Gasteiger partial charge in [-0.25, -0.2) is 9.96 Å². The zero-order valence-electron chi connectivity index (χ0n) is 17.6. The van der Waals surface area contributed by atoms with Crippen molar-refractivity contribution in [3.63, 3.8) is 0 Å². The average Bonchev–Trinajstić information content (AvgIpc) is 3.32. The maximum Gasteiger partial charge on any atom is 0.266 e. The first-order valence-electron chi connectivity index (χ1n) is 10.3. The summed E-state index contributed by atoms with van der Waals surface area (Å²) in [6, 6.07) is 20.9. The molecule has 32 heavy (non-hydrogen) atoms. The number of aromatic hydroxyl groups is 1. The zero-order valence-corrected chi connectivity index (χ0v) is 17.6. The van der Waals surface area contributed by atoms with Gasteiger partial charge in [0.25, 0.3) is 5.91 Å². The van der Waals surface area contributed by atoms with Crippen molar-refractivity contribution in [2.75, 3.05) is 17.1 Å². The van der Waals surface area contributed by atoms with Gasteiger partial charge in [0.1, 0.15) is 5.92 Å². The molecule has 0 radical (unpaired) electrons. The number of imide groups is 1. The van der Waals surface area contributed by atoms with Gasteiger partial charge in [-0.05, 0) is 48.9 Å². The Balaban J connectivity index is 1.60. The van der Waals surface area contributed by atoms with Crippen molar-refractivity contribution in [2.24, 2.45) is 5.92 Å². The summed E-state index contributed by atoms with van der Waals surface area (Å²) in [6.07, 6.45) is -0.950. The van der Waals surface area contributed by atoms with E-state index in [0.717, 1.165) is 11.3 Å². The molecule has 2 amide bonds. The minimum atomic E-state index is -0.950. The van der Waals surface area contributed by atoms with Crippen molar-refractivity contribution >= 4 is 23.2 Å². The van der Waals surface area contributed by atoms with E-state index in [9.17, 15) is 14.7 Å². The van der Waals surface area contributed by atoms with Crippen molar-refractivity contribution in [2.45, 2.75) is 19.1 Å². The van der Waals surface area contributed by atoms with Crippen LogP contribution in [-0.4, -0.2) is 30.1 Å².